The van der Waals surface area contributed by atoms with Crippen molar-refractivity contribution in [3.8, 4) is 0 Å². The van der Waals surface area contributed by atoms with Gasteiger partial charge in [-0.25, -0.2) is 0 Å². The molecule has 0 aliphatic heterocycles. The standard InChI is InChI=1S/C13H27N/c1-4-11(2)12(3)14-13-9-7-5-6-8-10-13/h11-14H,4-10H2,1-3H3. The van der Waals surface area contributed by atoms with Gasteiger partial charge in [0.2, 0.25) is 0 Å². The van der Waals surface area contributed by atoms with E-state index in [9.17, 15) is 0 Å². The van der Waals surface area contributed by atoms with Crippen LogP contribution in [-0.4, -0.2) is 12.1 Å². The average molecular weight is 197 g/mol. The maximum absolute atomic E-state index is 3.81. The number of hydrogen-bond donors (Lipinski definition) is 1. The fourth-order valence-electron chi connectivity index (χ4n) is 2.34. The van der Waals surface area contributed by atoms with Crippen molar-refractivity contribution in [2.75, 3.05) is 0 Å². The summed E-state index contributed by atoms with van der Waals surface area (Å²) in [6, 6.07) is 1.50. The van der Waals surface area contributed by atoms with Crippen molar-refractivity contribution in [3.63, 3.8) is 0 Å². The molecule has 84 valence electrons. The van der Waals surface area contributed by atoms with Crippen molar-refractivity contribution in [1.29, 1.82) is 0 Å². The van der Waals surface area contributed by atoms with Crippen LogP contribution < -0.4 is 5.32 Å². The largest absolute Gasteiger partial charge is 0.311 e. The van der Waals surface area contributed by atoms with E-state index in [0.29, 0.717) is 6.04 Å². The Labute approximate surface area is 89.7 Å². The highest BCUT2D eigenvalue weighted by Crippen LogP contribution is 2.19. The Kier molecular flexibility index (Phi) is 5.54. The van der Waals surface area contributed by atoms with Gasteiger partial charge in [-0.05, 0) is 25.7 Å². The van der Waals surface area contributed by atoms with Gasteiger partial charge in [0.25, 0.3) is 0 Å². The lowest BCUT2D eigenvalue weighted by Gasteiger charge is -2.26. The van der Waals surface area contributed by atoms with Gasteiger partial charge in [-0.2, -0.15) is 0 Å². The normalized spacial score (nSPS) is 24.2. The first-order valence-corrected chi connectivity index (χ1v) is 6.50. The third kappa shape index (κ3) is 4.00. The minimum absolute atomic E-state index is 0.697. The molecule has 0 aromatic heterocycles. The molecule has 0 spiro atoms. The lowest BCUT2D eigenvalue weighted by molar-refractivity contribution is 0.329. The summed E-state index contributed by atoms with van der Waals surface area (Å²) in [7, 11) is 0. The van der Waals surface area contributed by atoms with Crippen LogP contribution in [0.4, 0.5) is 0 Å². The lowest BCUT2D eigenvalue weighted by atomic mass is 9.98. The van der Waals surface area contributed by atoms with Crippen molar-refractivity contribution < 1.29 is 0 Å². The van der Waals surface area contributed by atoms with Crippen LogP contribution in [0.15, 0.2) is 0 Å². The van der Waals surface area contributed by atoms with E-state index < -0.39 is 0 Å². The Morgan fingerprint density at radius 1 is 1.07 bits per heavy atom. The molecule has 1 saturated carbocycles. The van der Waals surface area contributed by atoms with E-state index in [0.717, 1.165) is 12.0 Å². The van der Waals surface area contributed by atoms with Crippen LogP contribution in [-0.2, 0) is 0 Å². The molecule has 0 heterocycles. The van der Waals surface area contributed by atoms with Gasteiger partial charge in [-0.1, -0.05) is 46.0 Å². The second-order valence-corrected chi connectivity index (χ2v) is 5.03. The van der Waals surface area contributed by atoms with Crippen molar-refractivity contribution in [3.05, 3.63) is 0 Å². The highest BCUT2D eigenvalue weighted by Gasteiger charge is 2.16. The fourth-order valence-corrected chi connectivity index (χ4v) is 2.34. The molecule has 14 heavy (non-hydrogen) atoms. The molecule has 2 unspecified atom stereocenters. The van der Waals surface area contributed by atoms with Crippen LogP contribution in [0.25, 0.3) is 0 Å². The van der Waals surface area contributed by atoms with E-state index in [1.165, 1.54) is 44.9 Å². The Balaban J connectivity index is 2.26. The lowest BCUT2D eigenvalue weighted by Crippen LogP contribution is -2.39. The summed E-state index contributed by atoms with van der Waals surface area (Å²) in [5, 5.41) is 3.81. The third-order valence-electron chi connectivity index (χ3n) is 3.85. The first-order valence-electron chi connectivity index (χ1n) is 6.50. The number of hydrogen-bond acceptors (Lipinski definition) is 1. The maximum atomic E-state index is 3.81. The smallest absolute Gasteiger partial charge is 0.00696 e. The maximum Gasteiger partial charge on any atom is 0.00696 e. The summed E-state index contributed by atoms with van der Waals surface area (Å²) >= 11 is 0. The topological polar surface area (TPSA) is 12.0 Å². The minimum Gasteiger partial charge on any atom is -0.311 e. The number of nitrogens with one attached hydrogen (secondary N) is 1. The predicted molar refractivity (Wildman–Crippen MR) is 63.5 cm³/mol. The Morgan fingerprint density at radius 2 is 1.64 bits per heavy atom. The Bertz CT molecular complexity index is 136. The molecule has 1 aliphatic carbocycles. The van der Waals surface area contributed by atoms with E-state index in [1.807, 2.05) is 0 Å². The molecule has 1 heteroatoms. The minimum atomic E-state index is 0.697. The van der Waals surface area contributed by atoms with Crippen LogP contribution >= 0.6 is 0 Å². The zero-order chi connectivity index (χ0) is 10.4. The van der Waals surface area contributed by atoms with Gasteiger partial charge in [0.1, 0.15) is 0 Å². The summed E-state index contributed by atoms with van der Waals surface area (Å²) in [4.78, 5) is 0. The van der Waals surface area contributed by atoms with E-state index in [1.54, 1.807) is 0 Å². The van der Waals surface area contributed by atoms with E-state index >= 15 is 0 Å². The van der Waals surface area contributed by atoms with E-state index in [4.69, 9.17) is 0 Å². The molecule has 1 nitrogen and oxygen atoms in total. The predicted octanol–water partition coefficient (Wildman–Crippen LogP) is 3.73. The van der Waals surface area contributed by atoms with Gasteiger partial charge < -0.3 is 5.32 Å². The van der Waals surface area contributed by atoms with Crippen LogP contribution in [0.5, 0.6) is 0 Å². The first kappa shape index (κ1) is 12.0. The van der Waals surface area contributed by atoms with Gasteiger partial charge in [0.05, 0.1) is 0 Å². The molecule has 0 saturated heterocycles. The molecule has 0 aromatic carbocycles. The monoisotopic (exact) mass is 197 g/mol. The van der Waals surface area contributed by atoms with Crippen molar-refractivity contribution in [2.45, 2.75) is 77.8 Å². The highest BCUT2D eigenvalue weighted by molar-refractivity contribution is 4.76. The molecule has 0 aromatic rings. The quantitative estimate of drug-likeness (QED) is 0.677. The molecule has 1 fully saturated rings. The molecular formula is C13H27N. The summed E-state index contributed by atoms with van der Waals surface area (Å²) in [6.45, 7) is 6.99. The molecule has 0 bridgehead atoms. The zero-order valence-electron chi connectivity index (χ0n) is 10.2. The van der Waals surface area contributed by atoms with Gasteiger partial charge in [-0.15, -0.1) is 0 Å². The van der Waals surface area contributed by atoms with Crippen molar-refractivity contribution in [1.82, 2.24) is 5.32 Å². The second-order valence-electron chi connectivity index (χ2n) is 5.03. The zero-order valence-corrected chi connectivity index (χ0v) is 10.2. The Hall–Kier alpha value is -0.0400. The summed E-state index contributed by atoms with van der Waals surface area (Å²) < 4.78 is 0. The molecular weight excluding hydrogens is 170 g/mol. The van der Waals surface area contributed by atoms with Crippen LogP contribution in [0.3, 0.4) is 0 Å². The van der Waals surface area contributed by atoms with Crippen LogP contribution in [0, 0.1) is 5.92 Å². The summed E-state index contributed by atoms with van der Waals surface area (Å²) in [6.07, 6.45) is 9.88. The van der Waals surface area contributed by atoms with Gasteiger partial charge in [0.15, 0.2) is 0 Å². The van der Waals surface area contributed by atoms with Crippen molar-refractivity contribution in [2.24, 2.45) is 5.92 Å². The Morgan fingerprint density at radius 3 is 2.14 bits per heavy atom. The highest BCUT2D eigenvalue weighted by atomic mass is 14.9. The molecule has 0 radical (unpaired) electrons. The van der Waals surface area contributed by atoms with Gasteiger partial charge in [-0.3, -0.25) is 0 Å². The molecule has 0 amide bonds. The van der Waals surface area contributed by atoms with Crippen molar-refractivity contribution >= 4 is 0 Å². The summed E-state index contributed by atoms with van der Waals surface area (Å²) in [5.41, 5.74) is 0. The van der Waals surface area contributed by atoms with Gasteiger partial charge >= 0.3 is 0 Å². The molecule has 1 rings (SSSR count). The van der Waals surface area contributed by atoms with Crippen LogP contribution in [0.1, 0.15) is 65.7 Å². The van der Waals surface area contributed by atoms with E-state index in [2.05, 4.69) is 26.1 Å². The SMILES string of the molecule is CCC(C)C(C)NC1CCCCCC1. The molecule has 2 atom stereocenters. The fraction of sp³-hybridized carbons (Fsp3) is 1.00. The summed E-state index contributed by atoms with van der Waals surface area (Å²) in [5.74, 6) is 0.818. The van der Waals surface area contributed by atoms with E-state index in [-0.39, 0.29) is 0 Å². The number of rotatable bonds is 4. The first-order chi connectivity index (χ1) is 6.74. The third-order valence-corrected chi connectivity index (χ3v) is 3.85. The van der Waals surface area contributed by atoms with Gasteiger partial charge in [0, 0.05) is 12.1 Å². The second kappa shape index (κ2) is 6.44. The average Bonchev–Trinajstić information content (AvgIpc) is 2.45. The molecule has 1 N–H and O–H groups in total. The van der Waals surface area contributed by atoms with Crippen LogP contribution in [0.2, 0.25) is 0 Å². The molecule has 1 aliphatic rings.